The van der Waals surface area contributed by atoms with Gasteiger partial charge in [-0.15, -0.1) is 0 Å². The van der Waals surface area contributed by atoms with Crippen LogP contribution in [0, 0.1) is 6.92 Å². The first-order valence-electron chi connectivity index (χ1n) is 9.56. The molecular weight excluding hydrogens is 390 g/mol. The van der Waals surface area contributed by atoms with Crippen LogP contribution in [0.5, 0.6) is 0 Å². The van der Waals surface area contributed by atoms with E-state index in [0.29, 0.717) is 28.8 Å². The van der Waals surface area contributed by atoms with Gasteiger partial charge in [0.25, 0.3) is 11.6 Å². The summed E-state index contributed by atoms with van der Waals surface area (Å²) in [6.45, 7) is 5.99. The number of rotatable bonds is 8. The number of carbonyl (C=O) groups excluding carboxylic acids is 1. The molecule has 0 saturated heterocycles. The van der Waals surface area contributed by atoms with Crippen molar-refractivity contribution in [1.29, 1.82) is 0 Å². The molecule has 0 unspecified atom stereocenters. The third-order valence-corrected chi connectivity index (χ3v) is 6.30. The highest BCUT2D eigenvalue weighted by molar-refractivity contribution is 7.90. The van der Waals surface area contributed by atoms with Gasteiger partial charge >= 0.3 is 0 Å². The van der Waals surface area contributed by atoms with Gasteiger partial charge in [-0.3, -0.25) is 4.79 Å². The summed E-state index contributed by atoms with van der Waals surface area (Å²) in [5.74, 6) is -0.146. The molecule has 1 amide bonds. The second-order valence-electron chi connectivity index (χ2n) is 7.38. The molecule has 0 fully saturated rings. The molecule has 154 valence electrons. The maximum Gasteiger partial charge on any atom is 0.259 e. The fourth-order valence-corrected chi connectivity index (χ4v) is 4.51. The van der Waals surface area contributed by atoms with Crippen LogP contribution >= 0.6 is 0 Å². The van der Waals surface area contributed by atoms with Crippen molar-refractivity contribution in [2.24, 2.45) is 0 Å². The lowest BCUT2D eigenvalue weighted by molar-refractivity contribution is 0.0955. The molecule has 7 nitrogen and oxygen atoms in total. The minimum absolute atomic E-state index is 0.00436. The summed E-state index contributed by atoms with van der Waals surface area (Å²) >= 11 is 0. The second-order valence-corrected chi connectivity index (χ2v) is 9.57. The molecule has 0 atom stereocenters. The lowest BCUT2D eigenvalue weighted by Gasteiger charge is -2.10. The number of sulfone groups is 1. The molecule has 8 heteroatoms. The summed E-state index contributed by atoms with van der Waals surface area (Å²) < 4.78 is 29.8. The number of hydrogen-bond donors (Lipinski definition) is 1. The van der Waals surface area contributed by atoms with Crippen LogP contribution in [0.1, 0.15) is 53.5 Å². The zero-order valence-electron chi connectivity index (χ0n) is 16.8. The number of aryl methyl sites for hydroxylation is 1. The Morgan fingerprint density at radius 3 is 2.62 bits per heavy atom. The first-order chi connectivity index (χ1) is 13.8. The maximum atomic E-state index is 12.7. The summed E-state index contributed by atoms with van der Waals surface area (Å²) in [4.78, 5) is 17.2. The van der Waals surface area contributed by atoms with Crippen LogP contribution in [-0.2, 0) is 15.6 Å². The number of fused-ring (bicyclic) bond motifs is 1. The summed E-state index contributed by atoms with van der Waals surface area (Å²) in [7, 11) is -3.23. The Kier molecular flexibility index (Phi) is 6.32. The summed E-state index contributed by atoms with van der Waals surface area (Å²) in [6, 6.07) is 10.8. The van der Waals surface area contributed by atoms with Crippen LogP contribution in [0.2, 0.25) is 0 Å². The van der Waals surface area contributed by atoms with Crippen molar-refractivity contribution in [3.05, 3.63) is 58.9 Å². The van der Waals surface area contributed by atoms with Gasteiger partial charge in [0, 0.05) is 12.2 Å². The normalized spacial score (nSPS) is 11.9. The maximum absolute atomic E-state index is 12.7. The Hall–Kier alpha value is -2.74. The van der Waals surface area contributed by atoms with Crippen molar-refractivity contribution in [1.82, 2.24) is 15.5 Å². The number of carbonyl (C=O) groups is 1. The minimum atomic E-state index is -3.23. The monoisotopic (exact) mass is 415 g/mol. The van der Waals surface area contributed by atoms with Crippen LogP contribution in [0.3, 0.4) is 0 Å². The van der Waals surface area contributed by atoms with Crippen molar-refractivity contribution in [2.45, 2.75) is 38.9 Å². The fraction of sp³-hybridized carbons (Fsp3) is 0.381. The second kappa shape index (κ2) is 8.73. The molecule has 2 heterocycles. The van der Waals surface area contributed by atoms with Gasteiger partial charge in [0.15, 0.2) is 9.84 Å². The minimum Gasteiger partial charge on any atom is -0.352 e. The Morgan fingerprint density at radius 1 is 1.21 bits per heavy atom. The lowest BCUT2D eigenvalue weighted by Crippen LogP contribution is -2.26. The van der Waals surface area contributed by atoms with E-state index in [4.69, 9.17) is 4.52 Å². The molecule has 3 aromatic rings. The molecule has 3 rings (SSSR count). The van der Waals surface area contributed by atoms with Crippen molar-refractivity contribution in [2.75, 3.05) is 12.3 Å². The van der Waals surface area contributed by atoms with Crippen LogP contribution in [0.15, 0.2) is 40.9 Å². The van der Waals surface area contributed by atoms with E-state index in [1.165, 1.54) is 0 Å². The third kappa shape index (κ3) is 5.20. The van der Waals surface area contributed by atoms with E-state index in [9.17, 15) is 13.2 Å². The molecule has 0 bridgehead atoms. The number of amides is 1. The van der Waals surface area contributed by atoms with Gasteiger partial charge in [-0.05, 0) is 30.9 Å². The van der Waals surface area contributed by atoms with E-state index in [0.717, 1.165) is 11.3 Å². The van der Waals surface area contributed by atoms with Crippen molar-refractivity contribution in [3.63, 3.8) is 0 Å². The van der Waals surface area contributed by atoms with Gasteiger partial charge in [0.1, 0.15) is 0 Å². The smallest absolute Gasteiger partial charge is 0.259 e. The molecule has 1 aromatic carbocycles. The van der Waals surface area contributed by atoms with E-state index in [1.807, 2.05) is 32.0 Å². The van der Waals surface area contributed by atoms with E-state index in [-0.39, 0.29) is 29.9 Å². The van der Waals surface area contributed by atoms with Crippen LogP contribution in [0.4, 0.5) is 0 Å². The predicted octanol–water partition coefficient (Wildman–Crippen LogP) is 3.39. The lowest BCUT2D eigenvalue weighted by atomic mass is 10.0. The van der Waals surface area contributed by atoms with E-state index in [1.54, 1.807) is 25.1 Å². The van der Waals surface area contributed by atoms with Gasteiger partial charge in [-0.1, -0.05) is 49.3 Å². The zero-order valence-corrected chi connectivity index (χ0v) is 17.6. The molecule has 1 N–H and O–H groups in total. The first kappa shape index (κ1) is 21.0. The van der Waals surface area contributed by atoms with E-state index in [2.05, 4.69) is 15.5 Å². The molecule has 0 aliphatic carbocycles. The molecule has 29 heavy (non-hydrogen) atoms. The number of aromatic nitrogens is 2. The number of hydrogen-bond acceptors (Lipinski definition) is 6. The molecule has 0 aliphatic rings. The van der Waals surface area contributed by atoms with Gasteiger partial charge in [0.05, 0.1) is 28.1 Å². The fourth-order valence-electron chi connectivity index (χ4n) is 3.08. The van der Waals surface area contributed by atoms with Crippen LogP contribution in [0.25, 0.3) is 11.1 Å². The average Bonchev–Trinajstić information content (AvgIpc) is 3.06. The summed E-state index contributed by atoms with van der Waals surface area (Å²) in [5.41, 5.74) is 2.89. The van der Waals surface area contributed by atoms with Crippen molar-refractivity contribution >= 4 is 26.8 Å². The SMILES string of the molecule is Cc1noc2nc(C(C)C)cc(C(=O)NCCCS(=O)(=O)Cc3ccccc3)c12. The Labute approximate surface area is 170 Å². The quantitative estimate of drug-likeness (QED) is 0.566. The average molecular weight is 416 g/mol. The number of pyridine rings is 1. The topological polar surface area (TPSA) is 102 Å². The molecular formula is C21H25N3O4S. The van der Waals surface area contributed by atoms with Gasteiger partial charge in [-0.2, -0.15) is 0 Å². The highest BCUT2D eigenvalue weighted by Gasteiger charge is 2.20. The highest BCUT2D eigenvalue weighted by Crippen LogP contribution is 2.25. The van der Waals surface area contributed by atoms with Crippen LogP contribution < -0.4 is 5.32 Å². The van der Waals surface area contributed by atoms with E-state index < -0.39 is 9.84 Å². The van der Waals surface area contributed by atoms with E-state index >= 15 is 0 Å². The van der Waals surface area contributed by atoms with Crippen molar-refractivity contribution < 1.29 is 17.7 Å². The first-order valence-corrected chi connectivity index (χ1v) is 11.4. The molecule has 0 spiro atoms. The Bertz CT molecular complexity index is 1110. The molecule has 0 aliphatic heterocycles. The number of nitrogens with zero attached hydrogens (tertiary/aromatic N) is 2. The third-order valence-electron chi connectivity index (χ3n) is 4.62. The highest BCUT2D eigenvalue weighted by atomic mass is 32.2. The Morgan fingerprint density at radius 2 is 1.93 bits per heavy atom. The molecule has 0 saturated carbocycles. The van der Waals surface area contributed by atoms with Gasteiger partial charge in [-0.25, -0.2) is 13.4 Å². The number of nitrogens with one attached hydrogen (secondary N) is 1. The van der Waals surface area contributed by atoms with Crippen LogP contribution in [-0.4, -0.2) is 36.8 Å². The number of benzene rings is 1. The Balaban J connectivity index is 1.63. The summed E-state index contributed by atoms with van der Waals surface area (Å²) in [5, 5.41) is 7.31. The molecule has 0 radical (unpaired) electrons. The predicted molar refractivity (Wildman–Crippen MR) is 112 cm³/mol. The summed E-state index contributed by atoms with van der Waals surface area (Å²) in [6.07, 6.45) is 0.342. The van der Waals surface area contributed by atoms with Gasteiger partial charge < -0.3 is 9.84 Å². The molecule has 2 aromatic heterocycles. The van der Waals surface area contributed by atoms with Crippen molar-refractivity contribution in [3.8, 4) is 0 Å². The standard InChI is InChI=1S/C21H25N3O4S/c1-14(2)18-12-17(19-15(3)24-28-21(19)23-18)20(25)22-10-7-11-29(26,27)13-16-8-5-4-6-9-16/h4-6,8-9,12,14H,7,10-11,13H2,1-3H3,(H,22,25). The largest absolute Gasteiger partial charge is 0.352 e. The zero-order chi connectivity index (χ0) is 21.0. The van der Waals surface area contributed by atoms with Gasteiger partial charge in [0.2, 0.25) is 0 Å².